The van der Waals surface area contributed by atoms with Crippen LogP contribution in [0.5, 0.6) is 0 Å². The van der Waals surface area contributed by atoms with Crippen LogP contribution in [0.3, 0.4) is 0 Å². The number of ether oxygens (including phenoxy) is 1. The third-order valence-corrected chi connectivity index (χ3v) is 2.71. The maximum atomic E-state index is 6.07. The summed E-state index contributed by atoms with van der Waals surface area (Å²) < 4.78 is 5.19. The van der Waals surface area contributed by atoms with Gasteiger partial charge in [-0.05, 0) is 31.0 Å². The fourth-order valence-corrected chi connectivity index (χ4v) is 1.77. The molecule has 1 aromatic heterocycles. The number of nitrogens with zero attached hydrogens (tertiary/aromatic N) is 1. The number of hydrogen-bond donors (Lipinski definition) is 1. The fourth-order valence-electron chi connectivity index (χ4n) is 1.57. The monoisotopic (exact) mass is 242 g/mol. The molecule has 16 heavy (non-hydrogen) atoms. The Kier molecular flexibility index (Phi) is 6.38. The molecule has 0 radical (unpaired) electrons. The first kappa shape index (κ1) is 13.4. The Morgan fingerprint density at radius 1 is 1.56 bits per heavy atom. The highest BCUT2D eigenvalue weighted by molar-refractivity contribution is 6.31. The molecule has 1 rings (SSSR count). The molecule has 90 valence electrons. The summed E-state index contributed by atoms with van der Waals surface area (Å²) in [5, 5.41) is 4.17. The van der Waals surface area contributed by atoms with Crippen molar-refractivity contribution in [3.8, 4) is 0 Å². The fraction of sp³-hybridized carbons (Fsp3) is 0.583. The minimum absolute atomic E-state index is 0.310. The van der Waals surface area contributed by atoms with Gasteiger partial charge < -0.3 is 10.1 Å². The Balaban J connectivity index is 2.56. The van der Waals surface area contributed by atoms with Crippen molar-refractivity contribution >= 4 is 11.6 Å². The highest BCUT2D eigenvalue weighted by Gasteiger charge is 2.10. The first-order chi connectivity index (χ1) is 7.77. The van der Waals surface area contributed by atoms with Crippen LogP contribution < -0.4 is 5.32 Å². The molecule has 0 spiro atoms. The number of hydrogen-bond acceptors (Lipinski definition) is 3. The lowest BCUT2D eigenvalue weighted by molar-refractivity contribution is 0.166. The third kappa shape index (κ3) is 4.47. The van der Waals surface area contributed by atoms with Crippen molar-refractivity contribution in [3.05, 3.63) is 29.0 Å². The molecule has 0 aromatic carbocycles. The standard InChI is InChI=1S/C12H19ClN2O/c1-3-5-15-11(9-16-2)7-10-4-6-14-8-12(10)13/h4,6,8,11,15H,3,5,7,9H2,1-2H3. The summed E-state index contributed by atoms with van der Waals surface area (Å²) >= 11 is 6.07. The zero-order chi connectivity index (χ0) is 11.8. The smallest absolute Gasteiger partial charge is 0.0621 e. The van der Waals surface area contributed by atoms with Gasteiger partial charge in [0, 0.05) is 25.5 Å². The summed E-state index contributed by atoms with van der Waals surface area (Å²) in [6, 6.07) is 2.27. The van der Waals surface area contributed by atoms with E-state index in [9.17, 15) is 0 Å². The van der Waals surface area contributed by atoms with Gasteiger partial charge in [-0.3, -0.25) is 4.98 Å². The van der Waals surface area contributed by atoms with E-state index >= 15 is 0 Å². The lowest BCUT2D eigenvalue weighted by Crippen LogP contribution is -2.35. The molecule has 3 nitrogen and oxygen atoms in total. The second-order valence-electron chi connectivity index (χ2n) is 3.78. The molecule has 0 saturated carbocycles. The summed E-state index contributed by atoms with van der Waals surface area (Å²) in [5.74, 6) is 0. The Morgan fingerprint density at radius 3 is 3.00 bits per heavy atom. The van der Waals surface area contributed by atoms with Crippen LogP contribution in [0, 0.1) is 0 Å². The first-order valence-electron chi connectivity index (χ1n) is 5.58. The predicted octanol–water partition coefficient (Wildman–Crippen LogP) is 2.29. The van der Waals surface area contributed by atoms with E-state index in [4.69, 9.17) is 16.3 Å². The Morgan fingerprint density at radius 2 is 2.38 bits per heavy atom. The van der Waals surface area contributed by atoms with Crippen LogP contribution in [0.1, 0.15) is 18.9 Å². The Labute approximate surface area is 102 Å². The van der Waals surface area contributed by atoms with Crippen molar-refractivity contribution in [2.45, 2.75) is 25.8 Å². The SMILES string of the molecule is CCCNC(COC)Cc1ccncc1Cl. The average Bonchev–Trinajstić information content (AvgIpc) is 2.29. The number of halogens is 1. The predicted molar refractivity (Wildman–Crippen MR) is 66.9 cm³/mol. The minimum Gasteiger partial charge on any atom is -0.383 e. The van der Waals surface area contributed by atoms with Crippen molar-refractivity contribution < 1.29 is 4.74 Å². The summed E-state index contributed by atoms with van der Waals surface area (Å²) in [6.07, 6.45) is 5.44. The van der Waals surface area contributed by atoms with Crippen molar-refractivity contribution in [3.63, 3.8) is 0 Å². The molecule has 1 aromatic rings. The lowest BCUT2D eigenvalue weighted by atomic mass is 10.1. The second-order valence-corrected chi connectivity index (χ2v) is 4.18. The molecule has 0 aliphatic carbocycles. The number of nitrogens with one attached hydrogen (secondary N) is 1. The molecule has 0 aliphatic heterocycles. The number of methoxy groups -OCH3 is 1. The minimum atomic E-state index is 0.310. The first-order valence-corrected chi connectivity index (χ1v) is 5.96. The van der Waals surface area contributed by atoms with E-state index in [0.717, 1.165) is 30.0 Å². The van der Waals surface area contributed by atoms with Crippen molar-refractivity contribution in [2.24, 2.45) is 0 Å². The molecule has 0 amide bonds. The van der Waals surface area contributed by atoms with Gasteiger partial charge in [0.2, 0.25) is 0 Å². The highest BCUT2D eigenvalue weighted by Crippen LogP contribution is 2.15. The number of aromatic nitrogens is 1. The number of pyridine rings is 1. The molecule has 1 atom stereocenters. The van der Waals surface area contributed by atoms with Gasteiger partial charge in [0.25, 0.3) is 0 Å². The van der Waals surface area contributed by atoms with E-state index in [1.165, 1.54) is 0 Å². The Hall–Kier alpha value is -0.640. The highest BCUT2D eigenvalue weighted by atomic mass is 35.5. The molecule has 1 unspecified atom stereocenters. The van der Waals surface area contributed by atoms with Gasteiger partial charge in [-0.1, -0.05) is 18.5 Å². The van der Waals surface area contributed by atoms with Crippen molar-refractivity contribution in [1.82, 2.24) is 10.3 Å². The zero-order valence-corrected chi connectivity index (χ0v) is 10.6. The molecule has 4 heteroatoms. The lowest BCUT2D eigenvalue weighted by Gasteiger charge is -2.18. The Bertz CT molecular complexity index is 307. The number of rotatable bonds is 7. The van der Waals surface area contributed by atoms with Gasteiger partial charge in [0.15, 0.2) is 0 Å². The summed E-state index contributed by atoms with van der Waals surface area (Å²) in [5.41, 5.74) is 1.11. The van der Waals surface area contributed by atoms with E-state index in [-0.39, 0.29) is 0 Å². The van der Waals surface area contributed by atoms with Crippen LogP contribution in [0.2, 0.25) is 5.02 Å². The average molecular weight is 243 g/mol. The molecule has 0 fully saturated rings. The largest absolute Gasteiger partial charge is 0.383 e. The molecular weight excluding hydrogens is 224 g/mol. The topological polar surface area (TPSA) is 34.1 Å². The van der Waals surface area contributed by atoms with Gasteiger partial charge in [-0.15, -0.1) is 0 Å². The van der Waals surface area contributed by atoms with E-state index in [1.54, 1.807) is 19.5 Å². The van der Waals surface area contributed by atoms with E-state index < -0.39 is 0 Å². The molecule has 0 bridgehead atoms. The normalized spacial score (nSPS) is 12.7. The van der Waals surface area contributed by atoms with Crippen LogP contribution in [0.15, 0.2) is 18.5 Å². The summed E-state index contributed by atoms with van der Waals surface area (Å²) in [7, 11) is 1.72. The molecule has 0 aliphatic rings. The maximum Gasteiger partial charge on any atom is 0.0621 e. The van der Waals surface area contributed by atoms with E-state index in [0.29, 0.717) is 12.6 Å². The van der Waals surface area contributed by atoms with Crippen LogP contribution in [-0.4, -0.2) is 31.3 Å². The summed E-state index contributed by atoms with van der Waals surface area (Å²) in [6.45, 7) is 3.84. The van der Waals surface area contributed by atoms with Crippen LogP contribution in [0.25, 0.3) is 0 Å². The summed E-state index contributed by atoms with van der Waals surface area (Å²) in [4.78, 5) is 3.98. The van der Waals surface area contributed by atoms with Gasteiger partial charge in [-0.2, -0.15) is 0 Å². The van der Waals surface area contributed by atoms with Crippen molar-refractivity contribution in [1.29, 1.82) is 0 Å². The van der Waals surface area contributed by atoms with Crippen LogP contribution >= 0.6 is 11.6 Å². The second kappa shape index (κ2) is 7.60. The van der Waals surface area contributed by atoms with E-state index in [1.807, 2.05) is 6.07 Å². The van der Waals surface area contributed by atoms with E-state index in [2.05, 4.69) is 17.2 Å². The quantitative estimate of drug-likeness (QED) is 0.797. The van der Waals surface area contributed by atoms with Gasteiger partial charge in [0.05, 0.1) is 11.6 Å². The van der Waals surface area contributed by atoms with Gasteiger partial charge >= 0.3 is 0 Å². The molecule has 1 N–H and O–H groups in total. The van der Waals surface area contributed by atoms with Crippen LogP contribution in [-0.2, 0) is 11.2 Å². The van der Waals surface area contributed by atoms with Crippen LogP contribution in [0.4, 0.5) is 0 Å². The zero-order valence-electron chi connectivity index (χ0n) is 9.87. The van der Waals surface area contributed by atoms with Gasteiger partial charge in [-0.25, -0.2) is 0 Å². The molecular formula is C12H19ClN2O. The van der Waals surface area contributed by atoms with Gasteiger partial charge in [0.1, 0.15) is 0 Å². The maximum absolute atomic E-state index is 6.07. The molecule has 0 saturated heterocycles. The third-order valence-electron chi connectivity index (χ3n) is 2.37. The van der Waals surface area contributed by atoms with Crippen molar-refractivity contribution in [2.75, 3.05) is 20.3 Å². The molecule has 1 heterocycles.